The predicted octanol–water partition coefficient (Wildman–Crippen LogP) is 0.853. The van der Waals surface area contributed by atoms with Crippen LogP contribution < -0.4 is 17.0 Å². The largest absolute Gasteiger partial charge is 0.399 e. The second-order valence-electron chi connectivity index (χ2n) is 4.00. The summed E-state index contributed by atoms with van der Waals surface area (Å²) in [5, 5.41) is 0.438. The van der Waals surface area contributed by atoms with E-state index in [1.807, 2.05) is 13.8 Å². The standard InChI is InChI=1S/C11H13N3O2/c1-6(2)14-9-4-3-7(12)5-8(9)10(15)13-11(14)16/h3-6H,12H2,1-2H3,(H,13,15,16). The number of anilines is 1. The summed E-state index contributed by atoms with van der Waals surface area (Å²) >= 11 is 0. The van der Waals surface area contributed by atoms with Crippen molar-refractivity contribution in [3.05, 3.63) is 39.0 Å². The highest BCUT2D eigenvalue weighted by Crippen LogP contribution is 2.15. The lowest BCUT2D eigenvalue weighted by atomic mass is 10.2. The van der Waals surface area contributed by atoms with E-state index in [0.717, 1.165) is 0 Å². The Kier molecular flexibility index (Phi) is 2.30. The van der Waals surface area contributed by atoms with Gasteiger partial charge in [0, 0.05) is 11.7 Å². The minimum Gasteiger partial charge on any atom is -0.399 e. The molecule has 1 heterocycles. The summed E-state index contributed by atoms with van der Waals surface area (Å²) in [5.41, 5.74) is 5.94. The normalized spacial score (nSPS) is 11.2. The van der Waals surface area contributed by atoms with Crippen LogP contribution >= 0.6 is 0 Å². The summed E-state index contributed by atoms with van der Waals surface area (Å²) in [6.07, 6.45) is 0. The fraction of sp³-hybridized carbons (Fsp3) is 0.273. The molecule has 16 heavy (non-hydrogen) atoms. The fourth-order valence-corrected chi connectivity index (χ4v) is 1.79. The molecule has 1 aromatic carbocycles. The molecule has 2 rings (SSSR count). The SMILES string of the molecule is CC(C)n1c(=O)[nH]c(=O)c2cc(N)ccc21. The van der Waals surface area contributed by atoms with Crippen LogP contribution in [0.3, 0.4) is 0 Å². The molecule has 5 nitrogen and oxygen atoms in total. The Morgan fingerprint density at radius 2 is 2.00 bits per heavy atom. The topological polar surface area (TPSA) is 80.9 Å². The van der Waals surface area contributed by atoms with Crippen LogP contribution in [0.5, 0.6) is 0 Å². The van der Waals surface area contributed by atoms with Crippen LogP contribution in [0.25, 0.3) is 10.9 Å². The molecule has 1 aromatic heterocycles. The quantitative estimate of drug-likeness (QED) is 0.698. The highest BCUT2D eigenvalue weighted by Gasteiger charge is 2.09. The summed E-state index contributed by atoms with van der Waals surface area (Å²) < 4.78 is 1.54. The van der Waals surface area contributed by atoms with E-state index in [2.05, 4.69) is 4.98 Å². The summed E-state index contributed by atoms with van der Waals surface area (Å²) in [7, 11) is 0. The molecule has 0 saturated carbocycles. The van der Waals surface area contributed by atoms with Gasteiger partial charge < -0.3 is 5.73 Å². The number of benzene rings is 1. The maximum absolute atomic E-state index is 11.7. The van der Waals surface area contributed by atoms with E-state index in [1.165, 1.54) is 4.57 Å². The van der Waals surface area contributed by atoms with Crippen molar-refractivity contribution in [3.8, 4) is 0 Å². The molecule has 5 heteroatoms. The number of nitrogens with one attached hydrogen (secondary N) is 1. The summed E-state index contributed by atoms with van der Waals surface area (Å²) in [4.78, 5) is 25.5. The highest BCUT2D eigenvalue weighted by atomic mass is 16.2. The number of aromatic amines is 1. The maximum atomic E-state index is 11.7. The van der Waals surface area contributed by atoms with Crippen LogP contribution in [-0.4, -0.2) is 9.55 Å². The second kappa shape index (κ2) is 3.52. The van der Waals surface area contributed by atoms with Gasteiger partial charge in [-0.2, -0.15) is 0 Å². The number of nitrogen functional groups attached to an aromatic ring is 1. The van der Waals surface area contributed by atoms with Crippen molar-refractivity contribution in [3.63, 3.8) is 0 Å². The zero-order chi connectivity index (χ0) is 11.9. The minimum absolute atomic E-state index is 0.0181. The molecule has 0 saturated heterocycles. The number of nitrogens with zero attached hydrogens (tertiary/aromatic N) is 1. The second-order valence-corrected chi connectivity index (χ2v) is 4.00. The van der Waals surface area contributed by atoms with Gasteiger partial charge in [-0.3, -0.25) is 14.3 Å². The third kappa shape index (κ3) is 1.50. The van der Waals surface area contributed by atoms with E-state index in [0.29, 0.717) is 16.6 Å². The molecule has 3 N–H and O–H groups in total. The first-order chi connectivity index (χ1) is 7.50. The van der Waals surface area contributed by atoms with Gasteiger partial charge >= 0.3 is 5.69 Å². The molecule has 0 aliphatic rings. The fourth-order valence-electron chi connectivity index (χ4n) is 1.79. The highest BCUT2D eigenvalue weighted by molar-refractivity contribution is 5.81. The minimum atomic E-state index is -0.399. The Morgan fingerprint density at radius 1 is 1.31 bits per heavy atom. The Labute approximate surface area is 91.5 Å². The first-order valence-electron chi connectivity index (χ1n) is 5.05. The molecule has 2 aromatic rings. The zero-order valence-electron chi connectivity index (χ0n) is 9.15. The van der Waals surface area contributed by atoms with Crippen LogP contribution in [0.15, 0.2) is 27.8 Å². The van der Waals surface area contributed by atoms with Gasteiger partial charge in [0.15, 0.2) is 0 Å². The Balaban J connectivity index is 3.02. The van der Waals surface area contributed by atoms with E-state index in [4.69, 9.17) is 5.73 Å². The molecule has 0 unspecified atom stereocenters. The molecule has 84 valence electrons. The van der Waals surface area contributed by atoms with E-state index >= 15 is 0 Å². The van der Waals surface area contributed by atoms with Gasteiger partial charge in [0.2, 0.25) is 0 Å². The molecule has 0 amide bonds. The van der Waals surface area contributed by atoms with Crippen LogP contribution in [-0.2, 0) is 0 Å². The lowest BCUT2D eigenvalue weighted by molar-refractivity contribution is 0.584. The van der Waals surface area contributed by atoms with Gasteiger partial charge in [0.25, 0.3) is 5.56 Å². The van der Waals surface area contributed by atoms with Gasteiger partial charge in [0.1, 0.15) is 0 Å². The van der Waals surface area contributed by atoms with Crippen molar-refractivity contribution in [1.29, 1.82) is 0 Å². The lowest BCUT2D eigenvalue weighted by Gasteiger charge is -2.12. The van der Waals surface area contributed by atoms with Crippen LogP contribution in [0, 0.1) is 0 Å². The molecule has 0 aliphatic carbocycles. The lowest BCUT2D eigenvalue weighted by Crippen LogP contribution is -2.31. The van der Waals surface area contributed by atoms with E-state index in [1.54, 1.807) is 18.2 Å². The number of rotatable bonds is 1. The molecule has 0 bridgehead atoms. The van der Waals surface area contributed by atoms with Crippen LogP contribution in [0.2, 0.25) is 0 Å². The number of hydrogen-bond acceptors (Lipinski definition) is 3. The molecule has 0 fully saturated rings. The van der Waals surface area contributed by atoms with Gasteiger partial charge in [-0.25, -0.2) is 4.79 Å². The average molecular weight is 219 g/mol. The van der Waals surface area contributed by atoms with Crippen molar-refractivity contribution in [1.82, 2.24) is 9.55 Å². The van der Waals surface area contributed by atoms with Crippen molar-refractivity contribution in [2.75, 3.05) is 5.73 Å². The molecular weight excluding hydrogens is 206 g/mol. The van der Waals surface area contributed by atoms with E-state index in [9.17, 15) is 9.59 Å². The number of fused-ring (bicyclic) bond motifs is 1. The van der Waals surface area contributed by atoms with Gasteiger partial charge in [-0.1, -0.05) is 0 Å². The molecule has 0 aliphatic heterocycles. The number of aromatic nitrogens is 2. The number of hydrogen-bond donors (Lipinski definition) is 2. The van der Waals surface area contributed by atoms with Crippen LogP contribution in [0.1, 0.15) is 19.9 Å². The van der Waals surface area contributed by atoms with E-state index < -0.39 is 11.2 Å². The molecule has 0 radical (unpaired) electrons. The van der Waals surface area contributed by atoms with Crippen LogP contribution in [0.4, 0.5) is 5.69 Å². The van der Waals surface area contributed by atoms with Crippen molar-refractivity contribution in [2.45, 2.75) is 19.9 Å². The van der Waals surface area contributed by atoms with Gasteiger partial charge in [0.05, 0.1) is 10.9 Å². The van der Waals surface area contributed by atoms with E-state index in [-0.39, 0.29) is 6.04 Å². The van der Waals surface area contributed by atoms with Crippen molar-refractivity contribution < 1.29 is 0 Å². The average Bonchev–Trinajstić information content (AvgIpc) is 2.18. The summed E-state index contributed by atoms with van der Waals surface area (Å²) in [6.45, 7) is 3.77. The Morgan fingerprint density at radius 3 is 2.62 bits per heavy atom. The van der Waals surface area contributed by atoms with Gasteiger partial charge in [-0.15, -0.1) is 0 Å². The Bertz CT molecular complexity index is 652. The van der Waals surface area contributed by atoms with Gasteiger partial charge in [-0.05, 0) is 32.0 Å². The van der Waals surface area contributed by atoms with Crippen molar-refractivity contribution >= 4 is 16.6 Å². The first-order valence-corrected chi connectivity index (χ1v) is 5.05. The third-order valence-electron chi connectivity index (χ3n) is 2.48. The third-order valence-corrected chi connectivity index (χ3v) is 2.48. The number of nitrogens with two attached hydrogens (primary N) is 1. The summed E-state index contributed by atoms with van der Waals surface area (Å²) in [6, 6.07) is 4.93. The first kappa shape index (κ1) is 10.5. The molecular formula is C11H13N3O2. The number of H-pyrrole nitrogens is 1. The zero-order valence-corrected chi connectivity index (χ0v) is 9.15. The molecule has 0 spiro atoms. The Hall–Kier alpha value is -2.04. The smallest absolute Gasteiger partial charge is 0.329 e. The maximum Gasteiger partial charge on any atom is 0.329 e. The monoisotopic (exact) mass is 219 g/mol. The van der Waals surface area contributed by atoms with Crippen molar-refractivity contribution in [2.24, 2.45) is 0 Å². The summed E-state index contributed by atoms with van der Waals surface area (Å²) in [5.74, 6) is 0. The molecule has 0 atom stereocenters. The predicted molar refractivity (Wildman–Crippen MR) is 63.6 cm³/mol.